The highest BCUT2D eigenvalue weighted by atomic mass is 16.5. The van der Waals surface area contributed by atoms with Crippen molar-refractivity contribution in [3.63, 3.8) is 0 Å². The molecular weight excluding hydrogens is 238 g/mol. The molecule has 4 heteroatoms. The van der Waals surface area contributed by atoms with E-state index in [1.54, 1.807) is 0 Å². The Morgan fingerprint density at radius 2 is 2.11 bits per heavy atom. The van der Waals surface area contributed by atoms with E-state index in [-0.39, 0.29) is 0 Å². The van der Waals surface area contributed by atoms with Crippen LogP contribution in [0.4, 0.5) is 0 Å². The molecule has 0 spiro atoms. The molecule has 2 heterocycles. The number of likely N-dealkylation sites (tertiary alicyclic amines) is 1. The van der Waals surface area contributed by atoms with E-state index in [1.165, 1.54) is 18.4 Å². The molecule has 1 saturated heterocycles. The molecule has 1 aliphatic carbocycles. The Kier molecular flexibility index (Phi) is 3.99. The summed E-state index contributed by atoms with van der Waals surface area (Å²) in [4.78, 5) is 6.77. The van der Waals surface area contributed by atoms with Crippen LogP contribution in [0.25, 0.3) is 0 Å². The summed E-state index contributed by atoms with van der Waals surface area (Å²) < 4.78 is 6.11. The minimum atomic E-state index is 0.325. The Labute approximate surface area is 115 Å². The molecule has 1 aromatic rings. The summed E-state index contributed by atoms with van der Waals surface area (Å²) in [6, 6.07) is 4.83. The molecular formula is C15H23N3O. The fourth-order valence-corrected chi connectivity index (χ4v) is 2.47. The highest BCUT2D eigenvalue weighted by Crippen LogP contribution is 2.23. The van der Waals surface area contributed by atoms with Gasteiger partial charge in [0.1, 0.15) is 6.10 Å². The summed E-state index contributed by atoms with van der Waals surface area (Å²) in [6.07, 6.45) is 6.97. The highest BCUT2D eigenvalue weighted by molar-refractivity contribution is 5.25. The molecule has 0 unspecified atom stereocenters. The largest absolute Gasteiger partial charge is 0.474 e. The molecule has 0 radical (unpaired) electrons. The molecule has 0 atom stereocenters. The molecule has 3 rings (SSSR count). The van der Waals surface area contributed by atoms with Crippen LogP contribution < -0.4 is 10.1 Å². The second kappa shape index (κ2) is 5.88. The molecule has 19 heavy (non-hydrogen) atoms. The van der Waals surface area contributed by atoms with Gasteiger partial charge in [-0.15, -0.1) is 0 Å². The van der Waals surface area contributed by atoms with Crippen molar-refractivity contribution in [3.8, 4) is 5.88 Å². The van der Waals surface area contributed by atoms with Crippen molar-refractivity contribution in [3.05, 3.63) is 23.9 Å². The van der Waals surface area contributed by atoms with Crippen LogP contribution in [0.15, 0.2) is 18.3 Å². The number of aromatic nitrogens is 1. The van der Waals surface area contributed by atoms with Crippen molar-refractivity contribution in [1.82, 2.24) is 15.2 Å². The molecule has 2 aliphatic rings. The van der Waals surface area contributed by atoms with Gasteiger partial charge in [-0.2, -0.15) is 0 Å². The van der Waals surface area contributed by atoms with E-state index in [1.807, 2.05) is 12.3 Å². The van der Waals surface area contributed by atoms with Crippen LogP contribution in [0.1, 0.15) is 31.2 Å². The van der Waals surface area contributed by atoms with Gasteiger partial charge in [-0.3, -0.25) is 0 Å². The average Bonchev–Trinajstić information content (AvgIpc) is 3.25. The maximum atomic E-state index is 6.11. The highest BCUT2D eigenvalue weighted by Gasteiger charge is 2.22. The molecule has 1 aromatic heterocycles. The quantitative estimate of drug-likeness (QED) is 0.877. The van der Waals surface area contributed by atoms with E-state index in [0.29, 0.717) is 6.10 Å². The Hall–Kier alpha value is -1.13. The number of piperidine rings is 1. The third kappa shape index (κ3) is 3.67. The van der Waals surface area contributed by atoms with Crippen molar-refractivity contribution in [2.45, 2.75) is 44.4 Å². The monoisotopic (exact) mass is 261 g/mol. The predicted molar refractivity (Wildman–Crippen MR) is 75.2 cm³/mol. The summed E-state index contributed by atoms with van der Waals surface area (Å²) in [5, 5.41) is 3.53. The lowest BCUT2D eigenvalue weighted by atomic mass is 10.1. The van der Waals surface area contributed by atoms with Gasteiger partial charge >= 0.3 is 0 Å². The topological polar surface area (TPSA) is 37.4 Å². The lowest BCUT2D eigenvalue weighted by Crippen LogP contribution is -2.36. The molecule has 0 aromatic carbocycles. The smallest absolute Gasteiger partial charge is 0.218 e. The van der Waals surface area contributed by atoms with Crippen LogP contribution in [-0.2, 0) is 6.54 Å². The first-order valence-corrected chi connectivity index (χ1v) is 7.34. The minimum Gasteiger partial charge on any atom is -0.474 e. The van der Waals surface area contributed by atoms with E-state index in [4.69, 9.17) is 4.74 Å². The van der Waals surface area contributed by atoms with E-state index >= 15 is 0 Å². The molecule has 1 aliphatic heterocycles. The van der Waals surface area contributed by atoms with Gasteiger partial charge in [0, 0.05) is 37.4 Å². The van der Waals surface area contributed by atoms with Crippen molar-refractivity contribution < 1.29 is 4.74 Å². The van der Waals surface area contributed by atoms with Gasteiger partial charge in [0.15, 0.2) is 0 Å². The summed E-state index contributed by atoms with van der Waals surface area (Å²) in [5.74, 6) is 0.824. The Bertz CT molecular complexity index is 412. The lowest BCUT2D eigenvalue weighted by Gasteiger charge is -2.29. The van der Waals surface area contributed by atoms with Gasteiger partial charge in [-0.05, 0) is 38.8 Å². The minimum absolute atomic E-state index is 0.325. The van der Waals surface area contributed by atoms with Gasteiger partial charge in [0.05, 0.1) is 0 Å². The number of nitrogens with zero attached hydrogens (tertiary/aromatic N) is 2. The van der Waals surface area contributed by atoms with E-state index in [0.717, 1.165) is 44.4 Å². The molecule has 0 bridgehead atoms. The molecule has 1 saturated carbocycles. The molecule has 2 fully saturated rings. The molecule has 4 nitrogen and oxygen atoms in total. The number of hydrogen-bond donors (Lipinski definition) is 1. The average molecular weight is 261 g/mol. The second-order valence-corrected chi connectivity index (χ2v) is 5.74. The van der Waals surface area contributed by atoms with E-state index in [2.05, 4.69) is 28.3 Å². The zero-order valence-corrected chi connectivity index (χ0v) is 11.6. The Balaban J connectivity index is 1.59. The SMILES string of the molecule is CN1CCC(Oc2ncccc2CNC2CC2)CC1. The first kappa shape index (κ1) is 12.9. The summed E-state index contributed by atoms with van der Waals surface area (Å²) >= 11 is 0. The van der Waals surface area contributed by atoms with Crippen LogP contribution in [0.3, 0.4) is 0 Å². The van der Waals surface area contributed by atoms with Crippen molar-refractivity contribution in [2.75, 3.05) is 20.1 Å². The first-order chi connectivity index (χ1) is 9.31. The van der Waals surface area contributed by atoms with Gasteiger partial charge in [0.25, 0.3) is 0 Å². The third-order valence-electron chi connectivity index (χ3n) is 3.95. The van der Waals surface area contributed by atoms with Crippen LogP contribution in [0.2, 0.25) is 0 Å². The van der Waals surface area contributed by atoms with Gasteiger partial charge in [0.2, 0.25) is 5.88 Å². The fourth-order valence-electron chi connectivity index (χ4n) is 2.47. The van der Waals surface area contributed by atoms with Crippen LogP contribution >= 0.6 is 0 Å². The maximum Gasteiger partial charge on any atom is 0.218 e. The second-order valence-electron chi connectivity index (χ2n) is 5.74. The van der Waals surface area contributed by atoms with Crippen LogP contribution in [-0.4, -0.2) is 42.2 Å². The molecule has 1 N–H and O–H groups in total. The summed E-state index contributed by atoms with van der Waals surface area (Å²) in [7, 11) is 2.17. The Morgan fingerprint density at radius 1 is 1.32 bits per heavy atom. The van der Waals surface area contributed by atoms with Crippen molar-refractivity contribution >= 4 is 0 Å². The fraction of sp³-hybridized carbons (Fsp3) is 0.667. The normalized spacial score (nSPS) is 21.5. The number of nitrogens with one attached hydrogen (secondary N) is 1. The van der Waals surface area contributed by atoms with Crippen molar-refractivity contribution in [2.24, 2.45) is 0 Å². The molecule has 104 valence electrons. The standard InChI is InChI=1S/C15H23N3O/c1-18-9-6-14(7-10-18)19-15-12(3-2-8-16-15)11-17-13-4-5-13/h2-3,8,13-14,17H,4-7,9-11H2,1H3. The van der Waals surface area contributed by atoms with E-state index < -0.39 is 0 Å². The van der Waals surface area contributed by atoms with Crippen LogP contribution in [0.5, 0.6) is 5.88 Å². The number of ether oxygens (including phenoxy) is 1. The number of rotatable bonds is 5. The van der Waals surface area contributed by atoms with Crippen molar-refractivity contribution in [1.29, 1.82) is 0 Å². The summed E-state index contributed by atoms with van der Waals surface area (Å²) in [5.41, 5.74) is 1.19. The van der Waals surface area contributed by atoms with Gasteiger partial charge in [-0.1, -0.05) is 6.07 Å². The van der Waals surface area contributed by atoms with E-state index in [9.17, 15) is 0 Å². The Morgan fingerprint density at radius 3 is 2.84 bits per heavy atom. The third-order valence-corrected chi connectivity index (χ3v) is 3.95. The van der Waals surface area contributed by atoms with Crippen LogP contribution in [0, 0.1) is 0 Å². The predicted octanol–water partition coefficient (Wildman–Crippen LogP) is 1.81. The van der Waals surface area contributed by atoms with Gasteiger partial charge in [-0.25, -0.2) is 4.98 Å². The number of pyridine rings is 1. The zero-order chi connectivity index (χ0) is 13.1. The van der Waals surface area contributed by atoms with Gasteiger partial charge < -0.3 is 15.0 Å². The summed E-state index contributed by atoms with van der Waals surface area (Å²) in [6.45, 7) is 3.11. The number of hydrogen-bond acceptors (Lipinski definition) is 4. The lowest BCUT2D eigenvalue weighted by molar-refractivity contribution is 0.109. The zero-order valence-electron chi connectivity index (χ0n) is 11.6. The maximum absolute atomic E-state index is 6.11. The molecule has 0 amide bonds. The first-order valence-electron chi connectivity index (χ1n) is 7.34.